The van der Waals surface area contributed by atoms with E-state index in [1.54, 1.807) is 54.7 Å². The van der Waals surface area contributed by atoms with Crippen molar-refractivity contribution in [2.45, 2.75) is 292 Å². The van der Waals surface area contributed by atoms with Crippen LogP contribution in [0.1, 0.15) is 190 Å². The van der Waals surface area contributed by atoms with Crippen LogP contribution in [0, 0.1) is 36.0 Å². The van der Waals surface area contributed by atoms with Crippen LogP contribution in [0.3, 0.4) is 0 Å². The van der Waals surface area contributed by atoms with Crippen LogP contribution >= 0.6 is 0 Å². The number of halogens is 1. The Kier molecular flexibility index (Phi) is 31.9. The summed E-state index contributed by atoms with van der Waals surface area (Å²) in [7, 11) is 1.78. The SMILES string of the molecule is CC#C[C@](C)(O)[C@@H](CC)O[Si](C)(C)C(C)(C)C.CC[C@@H](O[Si](C)(C)C(C)(C)C)[C@@](C)(O)/C=C(\C)C(O)[C@H](C)C[C@@](C)(OC)[C@H](O[C@@H]1OC(C)CC(N(C)C)C1C)[C@@H](C)C1=C(C)C(=O)OC(C)(C)O1.[Br-].[CH-]1CCCC1.[Mg+2]. The summed E-state index contributed by atoms with van der Waals surface area (Å²) in [6, 6.07) is 0.234. The topological polar surface area (TPSA) is 146 Å². The summed E-state index contributed by atoms with van der Waals surface area (Å²) < 4.78 is 44.6. The van der Waals surface area contributed by atoms with E-state index in [0.29, 0.717) is 29.7 Å². The number of aliphatic hydroxyl groups is 3. The first-order chi connectivity index (χ1) is 33.0. The molecule has 2 heterocycles. The van der Waals surface area contributed by atoms with Crippen molar-refractivity contribution < 1.29 is 69.6 Å². The predicted octanol–water partition coefficient (Wildman–Crippen LogP) is 9.53. The minimum Gasteiger partial charge on any atom is -1.00 e. The van der Waals surface area contributed by atoms with Gasteiger partial charge in [-0.25, -0.2) is 4.79 Å². The molecule has 2 aliphatic heterocycles. The van der Waals surface area contributed by atoms with Crippen LogP contribution < -0.4 is 17.0 Å². The second-order valence-electron chi connectivity index (χ2n) is 26.1. The van der Waals surface area contributed by atoms with E-state index in [9.17, 15) is 20.1 Å². The van der Waals surface area contributed by atoms with Gasteiger partial charge in [-0.3, -0.25) is 0 Å². The van der Waals surface area contributed by atoms with Gasteiger partial charge in [0.05, 0.1) is 41.7 Å². The van der Waals surface area contributed by atoms with Crippen LogP contribution in [-0.4, -0.2) is 153 Å². The predicted molar refractivity (Wildman–Crippen MR) is 310 cm³/mol. The van der Waals surface area contributed by atoms with Gasteiger partial charge in [-0.1, -0.05) is 94.9 Å². The Balaban J connectivity index is 0. The number of hydrogen-bond donors (Lipinski definition) is 3. The maximum Gasteiger partial charge on any atom is 2.00 e. The van der Waals surface area contributed by atoms with Crippen molar-refractivity contribution in [3.8, 4) is 11.8 Å². The molecule has 12 nitrogen and oxygen atoms in total. The molecular weight excluding hydrogens is 1060 g/mol. The molecule has 0 bridgehead atoms. The van der Waals surface area contributed by atoms with Crippen molar-refractivity contribution >= 4 is 45.7 Å². The van der Waals surface area contributed by atoms with E-state index in [1.165, 1.54) is 25.7 Å². The monoisotopic (exact) mass is 1170 g/mol. The third kappa shape index (κ3) is 22.5. The standard InChI is InChI=1S/C40H75NO9Si.C14H28O2Si.C5H9.BrH.Mg/c1-20-31(50-51(18,19)37(8,9)10)39(13,44)22-24(2)32(42)25(3)23-40(14,45-17)34(28(6)33-29(7)35(43)49-38(11,12)48-33)47-36-27(5)30(41(15)16)21-26(4)46-36;1-9-11-14(6,15)12(10-2)16-17(7,8)13(3,4)5;1-2-4-5-3-1;;/h22,25-28,30-32,34,36,42,44H,20-21,23H2,1-19H3;12,15H,10H2,1-8H3;1H,2-5H2;1H;/q;;-1;;+2/p-1/b24-22+;;;;/t25-,26?,27?,28+,30?,31-,32?,34-,36+,39+,40-;12-,14+;;;/m11.../s1. The molecule has 4 unspecified atom stereocenters. The van der Waals surface area contributed by atoms with Gasteiger partial charge in [0.15, 0.2) is 22.9 Å². The van der Waals surface area contributed by atoms with Crippen molar-refractivity contribution in [2.75, 3.05) is 21.2 Å². The Morgan fingerprint density at radius 2 is 1.39 bits per heavy atom. The number of ether oxygens (including phenoxy) is 5. The molecule has 2 fully saturated rings. The molecular formula is C59H112BrMgNO11Si2. The third-order valence-corrected chi connectivity index (χ3v) is 25.4. The largest absolute Gasteiger partial charge is 2.00 e. The zero-order valence-electron chi connectivity index (χ0n) is 52.7. The summed E-state index contributed by atoms with van der Waals surface area (Å²) in [5.41, 5.74) is -2.29. The average Bonchev–Trinajstić information content (AvgIpc) is 3.85. The van der Waals surface area contributed by atoms with Crippen molar-refractivity contribution in [2.24, 2.45) is 17.8 Å². The maximum absolute atomic E-state index is 13.0. The van der Waals surface area contributed by atoms with E-state index in [2.05, 4.69) is 119 Å². The third-order valence-electron chi connectivity index (χ3n) is 16.4. The smallest absolute Gasteiger partial charge is 1.00 e. The number of aliphatic hydroxyl groups excluding tert-OH is 1. The Labute approximate surface area is 488 Å². The normalized spacial score (nSPS) is 25.4. The van der Waals surface area contributed by atoms with E-state index in [4.69, 9.17) is 32.5 Å². The molecule has 1 aliphatic carbocycles. The van der Waals surface area contributed by atoms with E-state index < -0.39 is 75.7 Å². The van der Waals surface area contributed by atoms with Gasteiger partial charge in [-0.15, -0.1) is 5.92 Å². The van der Waals surface area contributed by atoms with Crippen molar-refractivity contribution in [1.29, 1.82) is 0 Å². The number of rotatable bonds is 20. The molecule has 3 N–H and O–H groups in total. The molecule has 75 heavy (non-hydrogen) atoms. The first-order valence-electron chi connectivity index (χ1n) is 27.6. The molecule has 0 aromatic carbocycles. The molecule has 0 aromatic heterocycles. The molecule has 436 valence electrons. The van der Waals surface area contributed by atoms with Crippen LogP contribution in [0.25, 0.3) is 0 Å². The average molecular weight is 1170 g/mol. The summed E-state index contributed by atoms with van der Waals surface area (Å²) in [4.78, 5) is 15.2. The first kappa shape index (κ1) is 76.7. The summed E-state index contributed by atoms with van der Waals surface area (Å²) in [5, 5.41) is 34.0. The van der Waals surface area contributed by atoms with Crippen LogP contribution in [-0.2, 0) is 37.3 Å². The minimum atomic E-state index is -2.17. The summed E-state index contributed by atoms with van der Waals surface area (Å²) >= 11 is 0. The molecule has 3 rings (SSSR count). The zero-order chi connectivity index (χ0) is 57.1. The fourth-order valence-electron chi connectivity index (χ4n) is 9.74. The number of esters is 1. The quantitative estimate of drug-likeness (QED) is 0.0351. The van der Waals surface area contributed by atoms with Gasteiger partial charge in [-0.05, 0) is 142 Å². The molecule has 0 radical (unpaired) electrons. The fraction of sp³-hybridized carbons (Fsp3) is 0.864. The molecule has 1 saturated heterocycles. The van der Waals surface area contributed by atoms with Gasteiger partial charge in [0, 0.05) is 38.8 Å². The van der Waals surface area contributed by atoms with Crippen LogP contribution in [0.2, 0.25) is 36.3 Å². The fourth-order valence-corrected chi connectivity index (χ4v) is 12.7. The maximum atomic E-state index is 13.0. The molecule has 0 spiro atoms. The summed E-state index contributed by atoms with van der Waals surface area (Å²) in [5.74, 6) is 3.79. The molecule has 13 atom stereocenters. The van der Waals surface area contributed by atoms with Gasteiger partial charge < -0.3 is 76.2 Å². The molecule has 3 aliphatic rings. The minimum absolute atomic E-state index is 0. The van der Waals surface area contributed by atoms with Crippen LogP contribution in [0.15, 0.2) is 23.0 Å². The van der Waals surface area contributed by atoms with Gasteiger partial charge in [0.1, 0.15) is 17.0 Å². The molecule has 0 amide bonds. The summed E-state index contributed by atoms with van der Waals surface area (Å²) in [6.45, 7) is 48.4. The number of cyclic esters (lactones) is 1. The Morgan fingerprint density at radius 1 is 0.907 bits per heavy atom. The van der Waals surface area contributed by atoms with E-state index in [1.807, 2.05) is 41.5 Å². The number of carbonyl (C=O) groups excluding carboxylic acids is 1. The van der Waals surface area contributed by atoms with E-state index in [-0.39, 0.29) is 80.2 Å². The molecule has 1 saturated carbocycles. The second kappa shape index (κ2) is 31.2. The van der Waals surface area contributed by atoms with Gasteiger partial charge in [0.2, 0.25) is 5.79 Å². The number of methoxy groups -OCH3 is 1. The summed E-state index contributed by atoms with van der Waals surface area (Å²) in [6.07, 6.45) is 9.65. The van der Waals surface area contributed by atoms with Crippen molar-refractivity contribution in [3.05, 3.63) is 29.4 Å². The van der Waals surface area contributed by atoms with Crippen LogP contribution in [0.4, 0.5) is 0 Å². The Bertz CT molecular complexity index is 1840. The molecule has 0 aromatic rings. The van der Waals surface area contributed by atoms with Crippen molar-refractivity contribution in [3.63, 3.8) is 0 Å². The van der Waals surface area contributed by atoms with Gasteiger partial charge >= 0.3 is 29.0 Å². The number of hydrogen-bond acceptors (Lipinski definition) is 12. The number of carbonyl (C=O) groups is 1. The first-order valence-corrected chi connectivity index (χ1v) is 33.4. The second-order valence-corrected chi connectivity index (χ2v) is 35.6. The van der Waals surface area contributed by atoms with E-state index in [0.717, 1.165) is 12.8 Å². The van der Waals surface area contributed by atoms with Gasteiger partial charge in [-0.2, -0.15) is 12.8 Å². The number of nitrogens with zero attached hydrogens (tertiary/aromatic N) is 1. The Hall–Kier alpha value is -0.370. The zero-order valence-corrected chi connectivity index (χ0v) is 57.7. The van der Waals surface area contributed by atoms with E-state index >= 15 is 0 Å². The van der Waals surface area contributed by atoms with Crippen LogP contribution in [0.5, 0.6) is 0 Å². The Morgan fingerprint density at radius 3 is 1.79 bits per heavy atom. The van der Waals surface area contributed by atoms with Gasteiger partial charge in [0.25, 0.3) is 0 Å². The van der Waals surface area contributed by atoms with Crippen molar-refractivity contribution in [1.82, 2.24) is 4.90 Å². The molecule has 16 heteroatoms.